The van der Waals surface area contributed by atoms with Crippen LogP contribution in [-0.4, -0.2) is 18.9 Å². The third-order valence-electron chi connectivity index (χ3n) is 5.05. The Bertz CT molecular complexity index is 270. The Morgan fingerprint density at radius 2 is 1.93 bits per heavy atom. The fraction of sp³-hybridized carbons (Fsp3) is 0.923. The molecule has 3 aliphatic rings. The van der Waals surface area contributed by atoms with Gasteiger partial charge >= 0.3 is 0 Å². The summed E-state index contributed by atoms with van der Waals surface area (Å²) in [7, 11) is 2.00. The van der Waals surface area contributed by atoms with Crippen LogP contribution >= 0.6 is 0 Å². The molecule has 0 heterocycles. The number of hydrogen-bond donors (Lipinski definition) is 1. The summed E-state index contributed by atoms with van der Waals surface area (Å²) in [5, 5.41) is 3.26. The maximum Gasteiger partial charge on any atom is 0.139 e. The molecule has 0 saturated heterocycles. The Kier molecular flexibility index (Phi) is 2.35. The summed E-state index contributed by atoms with van der Waals surface area (Å²) in [4.78, 5) is 12.3. The highest BCUT2D eigenvalue weighted by Gasteiger charge is 2.46. The van der Waals surface area contributed by atoms with Crippen molar-refractivity contribution < 1.29 is 4.79 Å². The first-order chi connectivity index (χ1) is 7.28. The summed E-state index contributed by atoms with van der Waals surface area (Å²) in [5.74, 6) is 3.17. The second-order valence-corrected chi connectivity index (χ2v) is 5.84. The van der Waals surface area contributed by atoms with Gasteiger partial charge < -0.3 is 5.32 Å². The molecule has 2 bridgehead atoms. The van der Waals surface area contributed by atoms with Crippen molar-refractivity contribution in [1.82, 2.24) is 5.32 Å². The zero-order valence-electron chi connectivity index (χ0n) is 9.54. The zero-order valence-corrected chi connectivity index (χ0v) is 9.54. The van der Waals surface area contributed by atoms with Crippen molar-refractivity contribution in [2.75, 3.05) is 7.05 Å². The fourth-order valence-electron chi connectivity index (χ4n) is 3.98. The summed E-state index contributed by atoms with van der Waals surface area (Å²) in [6, 6.07) is 0.623. The molecule has 2 heteroatoms. The first-order valence-electron chi connectivity index (χ1n) is 6.49. The first-order valence-corrected chi connectivity index (χ1v) is 6.49. The average molecular weight is 207 g/mol. The fourth-order valence-corrected chi connectivity index (χ4v) is 3.98. The van der Waals surface area contributed by atoms with Gasteiger partial charge in [0, 0.05) is 17.9 Å². The van der Waals surface area contributed by atoms with Gasteiger partial charge in [0.1, 0.15) is 5.78 Å². The van der Waals surface area contributed by atoms with E-state index < -0.39 is 0 Å². The molecule has 15 heavy (non-hydrogen) atoms. The Labute approximate surface area is 91.8 Å². The molecule has 2 nitrogen and oxygen atoms in total. The molecular formula is C13H21NO. The summed E-state index contributed by atoms with van der Waals surface area (Å²) in [6.45, 7) is 0. The summed E-state index contributed by atoms with van der Waals surface area (Å²) in [5.41, 5.74) is 0. The lowest BCUT2D eigenvalue weighted by Gasteiger charge is -2.36. The minimum Gasteiger partial charge on any atom is -0.317 e. The van der Waals surface area contributed by atoms with Gasteiger partial charge in [0.15, 0.2) is 0 Å². The number of Topliss-reactive ketones (excluding diaryl/α,β-unsaturated/α-hetero) is 1. The molecule has 0 aromatic heterocycles. The van der Waals surface area contributed by atoms with Crippen molar-refractivity contribution in [3.05, 3.63) is 0 Å². The van der Waals surface area contributed by atoms with E-state index in [1.54, 1.807) is 0 Å². The van der Waals surface area contributed by atoms with Crippen LogP contribution in [0.2, 0.25) is 0 Å². The van der Waals surface area contributed by atoms with E-state index in [0.717, 1.165) is 24.7 Å². The molecule has 0 aromatic carbocycles. The van der Waals surface area contributed by atoms with E-state index in [1.807, 2.05) is 7.05 Å². The van der Waals surface area contributed by atoms with E-state index in [4.69, 9.17) is 0 Å². The van der Waals surface area contributed by atoms with E-state index in [-0.39, 0.29) is 0 Å². The van der Waals surface area contributed by atoms with Crippen LogP contribution in [0.15, 0.2) is 0 Å². The number of fused-ring (bicyclic) bond motifs is 2. The zero-order chi connectivity index (χ0) is 10.4. The van der Waals surface area contributed by atoms with Gasteiger partial charge in [0.25, 0.3) is 0 Å². The molecule has 3 aliphatic carbocycles. The Hall–Kier alpha value is -0.370. The molecule has 0 aliphatic heterocycles. The van der Waals surface area contributed by atoms with E-state index in [2.05, 4.69) is 5.32 Å². The largest absolute Gasteiger partial charge is 0.317 e. The molecule has 0 spiro atoms. The van der Waals surface area contributed by atoms with E-state index in [1.165, 1.54) is 25.7 Å². The van der Waals surface area contributed by atoms with Gasteiger partial charge in [-0.05, 0) is 51.0 Å². The molecule has 3 atom stereocenters. The van der Waals surface area contributed by atoms with Crippen LogP contribution in [0.25, 0.3) is 0 Å². The molecule has 3 saturated carbocycles. The monoisotopic (exact) mass is 207 g/mol. The smallest absolute Gasteiger partial charge is 0.139 e. The normalized spacial score (nSPS) is 47.9. The van der Waals surface area contributed by atoms with Gasteiger partial charge in [-0.3, -0.25) is 4.79 Å². The SMILES string of the molecule is CNC1CC(C(=O)C2CC3CCC2C3)C1. The molecule has 3 unspecified atom stereocenters. The standard InChI is InChI=1S/C13H21NO/c1-14-11-6-10(7-11)13(15)12-5-8-2-3-9(12)4-8/h8-12,14H,2-7H2,1H3. The molecule has 0 aromatic rings. The van der Waals surface area contributed by atoms with Crippen LogP contribution in [0, 0.1) is 23.7 Å². The van der Waals surface area contributed by atoms with Crippen molar-refractivity contribution in [2.24, 2.45) is 23.7 Å². The van der Waals surface area contributed by atoms with E-state index in [9.17, 15) is 4.79 Å². The van der Waals surface area contributed by atoms with Crippen LogP contribution < -0.4 is 5.32 Å². The van der Waals surface area contributed by atoms with Gasteiger partial charge in [-0.25, -0.2) is 0 Å². The van der Waals surface area contributed by atoms with Crippen LogP contribution in [0.1, 0.15) is 38.5 Å². The molecule has 0 radical (unpaired) electrons. The second-order valence-electron chi connectivity index (χ2n) is 5.84. The molecule has 1 N–H and O–H groups in total. The highest BCUT2D eigenvalue weighted by Crippen LogP contribution is 2.50. The third-order valence-corrected chi connectivity index (χ3v) is 5.05. The van der Waals surface area contributed by atoms with Gasteiger partial charge in [0.05, 0.1) is 0 Å². The number of nitrogens with one attached hydrogen (secondary N) is 1. The van der Waals surface area contributed by atoms with E-state index in [0.29, 0.717) is 23.7 Å². The van der Waals surface area contributed by atoms with Crippen LogP contribution in [-0.2, 0) is 4.79 Å². The second kappa shape index (κ2) is 3.58. The number of carbonyl (C=O) groups is 1. The predicted octanol–water partition coefficient (Wildman–Crippen LogP) is 1.99. The summed E-state index contributed by atoms with van der Waals surface area (Å²) in [6.07, 6.45) is 7.52. The minimum atomic E-state index is 0.409. The van der Waals surface area contributed by atoms with Crippen molar-refractivity contribution in [1.29, 1.82) is 0 Å². The lowest BCUT2D eigenvalue weighted by atomic mass is 9.71. The quantitative estimate of drug-likeness (QED) is 0.767. The predicted molar refractivity (Wildman–Crippen MR) is 59.5 cm³/mol. The maximum absolute atomic E-state index is 12.3. The minimum absolute atomic E-state index is 0.409. The number of rotatable bonds is 3. The average Bonchev–Trinajstić information content (AvgIpc) is 2.76. The van der Waals surface area contributed by atoms with Gasteiger partial charge in [-0.1, -0.05) is 6.42 Å². The highest BCUT2D eigenvalue weighted by atomic mass is 16.1. The maximum atomic E-state index is 12.3. The number of ketones is 1. The van der Waals surface area contributed by atoms with Crippen molar-refractivity contribution in [2.45, 2.75) is 44.6 Å². The van der Waals surface area contributed by atoms with Crippen molar-refractivity contribution in [3.8, 4) is 0 Å². The van der Waals surface area contributed by atoms with Gasteiger partial charge in [-0.2, -0.15) is 0 Å². The number of carbonyl (C=O) groups excluding carboxylic acids is 1. The first kappa shape index (κ1) is 9.83. The molecule has 3 fully saturated rings. The Morgan fingerprint density at radius 1 is 1.13 bits per heavy atom. The summed E-state index contributed by atoms with van der Waals surface area (Å²) >= 11 is 0. The van der Waals surface area contributed by atoms with Gasteiger partial charge in [0.2, 0.25) is 0 Å². The third kappa shape index (κ3) is 1.54. The van der Waals surface area contributed by atoms with E-state index >= 15 is 0 Å². The lowest BCUT2D eigenvalue weighted by molar-refractivity contribution is -0.131. The lowest BCUT2D eigenvalue weighted by Crippen LogP contribution is -2.44. The molecule has 84 valence electrons. The Morgan fingerprint density at radius 3 is 2.47 bits per heavy atom. The topological polar surface area (TPSA) is 29.1 Å². The number of hydrogen-bond acceptors (Lipinski definition) is 2. The molecule has 0 amide bonds. The van der Waals surface area contributed by atoms with Crippen LogP contribution in [0.4, 0.5) is 0 Å². The molecule has 3 rings (SSSR count). The van der Waals surface area contributed by atoms with Gasteiger partial charge in [-0.15, -0.1) is 0 Å². The van der Waals surface area contributed by atoms with Crippen molar-refractivity contribution in [3.63, 3.8) is 0 Å². The van der Waals surface area contributed by atoms with Crippen molar-refractivity contribution >= 4 is 5.78 Å². The van der Waals surface area contributed by atoms with Crippen LogP contribution in [0.5, 0.6) is 0 Å². The Balaban J connectivity index is 1.57. The summed E-state index contributed by atoms with van der Waals surface area (Å²) < 4.78 is 0. The van der Waals surface area contributed by atoms with Crippen LogP contribution in [0.3, 0.4) is 0 Å². The highest BCUT2D eigenvalue weighted by molar-refractivity contribution is 5.85. The molecular weight excluding hydrogens is 186 g/mol.